The summed E-state index contributed by atoms with van der Waals surface area (Å²) in [6, 6.07) is 4.60. The number of hydrogen-bond acceptors (Lipinski definition) is 4. The van der Waals surface area contributed by atoms with Crippen molar-refractivity contribution >= 4 is 23.0 Å². The molecule has 0 radical (unpaired) electrons. The van der Waals surface area contributed by atoms with E-state index in [0.29, 0.717) is 12.0 Å². The second-order valence-electron chi connectivity index (χ2n) is 5.79. The van der Waals surface area contributed by atoms with Gasteiger partial charge in [0.15, 0.2) is 0 Å². The topological polar surface area (TPSA) is 89.4 Å². The molecule has 1 unspecified atom stereocenters. The van der Waals surface area contributed by atoms with Gasteiger partial charge in [0.25, 0.3) is 5.69 Å². The molecule has 25 heavy (non-hydrogen) atoms. The summed E-state index contributed by atoms with van der Waals surface area (Å²) in [6.07, 6.45) is -0.522. The fraction of sp³-hybridized carbons (Fsp3) is 0.294. The van der Waals surface area contributed by atoms with Gasteiger partial charge in [0.05, 0.1) is 21.7 Å². The highest BCUT2D eigenvalue weighted by atomic mass is 35.5. The molecule has 2 aromatic carbocycles. The van der Waals surface area contributed by atoms with Crippen molar-refractivity contribution in [1.82, 2.24) is 0 Å². The van der Waals surface area contributed by atoms with Crippen molar-refractivity contribution in [3.05, 3.63) is 67.7 Å². The van der Waals surface area contributed by atoms with Gasteiger partial charge in [-0.15, -0.1) is 0 Å². The lowest BCUT2D eigenvalue weighted by Crippen LogP contribution is -2.05. The summed E-state index contributed by atoms with van der Waals surface area (Å²) < 4.78 is 27.8. The smallest absolute Gasteiger partial charge is 0.272 e. The number of aliphatic hydroxyl groups is 1. The quantitative estimate of drug-likeness (QED) is 0.446. The number of nitrogens with zero attached hydrogens (tertiary/aromatic N) is 1. The first-order chi connectivity index (χ1) is 11.7. The van der Waals surface area contributed by atoms with E-state index in [9.17, 15) is 24.0 Å². The van der Waals surface area contributed by atoms with E-state index in [1.54, 1.807) is 0 Å². The second kappa shape index (κ2) is 7.76. The van der Waals surface area contributed by atoms with Gasteiger partial charge in [0, 0.05) is 17.2 Å². The molecule has 5 nitrogen and oxygen atoms in total. The van der Waals surface area contributed by atoms with Crippen molar-refractivity contribution in [3.8, 4) is 0 Å². The number of anilines is 1. The third kappa shape index (κ3) is 4.43. The molecule has 0 saturated carbocycles. The number of aliphatic hydroxyl groups excluding tert-OH is 1. The lowest BCUT2D eigenvalue weighted by Gasteiger charge is -2.13. The molecule has 0 heterocycles. The fourth-order valence-corrected chi connectivity index (χ4v) is 2.73. The van der Waals surface area contributed by atoms with E-state index in [2.05, 4.69) is 0 Å². The Bertz CT molecular complexity index is 815. The van der Waals surface area contributed by atoms with Crippen LogP contribution < -0.4 is 5.73 Å². The Hall–Kier alpha value is -2.25. The van der Waals surface area contributed by atoms with Crippen LogP contribution >= 0.6 is 11.6 Å². The molecule has 0 aliphatic carbocycles. The summed E-state index contributed by atoms with van der Waals surface area (Å²) in [5.74, 6) is -1.22. The molecule has 0 bridgehead atoms. The monoisotopic (exact) mass is 370 g/mol. The van der Waals surface area contributed by atoms with E-state index in [0.717, 1.165) is 18.2 Å². The first-order valence-corrected chi connectivity index (χ1v) is 7.94. The van der Waals surface area contributed by atoms with E-state index < -0.39 is 22.7 Å². The van der Waals surface area contributed by atoms with Crippen molar-refractivity contribution in [2.24, 2.45) is 0 Å². The highest BCUT2D eigenvalue weighted by Gasteiger charge is 2.20. The highest BCUT2D eigenvalue weighted by Crippen LogP contribution is 2.29. The Morgan fingerprint density at radius 3 is 2.60 bits per heavy atom. The van der Waals surface area contributed by atoms with Crippen LogP contribution in [0.4, 0.5) is 20.2 Å². The van der Waals surface area contributed by atoms with Crippen molar-refractivity contribution in [3.63, 3.8) is 0 Å². The lowest BCUT2D eigenvalue weighted by atomic mass is 9.98. The standard InChI is InChI=1S/C17H17ClF2N2O3/c1-9-5-14(20)11(7-16(9)22(24)25)17(23)4-2-3-10-6-15(21)12(18)8-13(10)19/h5-8,17,23H,2-4,21H2,1H3. The Balaban J connectivity index is 2.08. The van der Waals surface area contributed by atoms with Crippen molar-refractivity contribution < 1.29 is 18.8 Å². The van der Waals surface area contributed by atoms with Gasteiger partial charge in [-0.05, 0) is 49.9 Å². The Kier molecular flexibility index (Phi) is 5.92. The largest absolute Gasteiger partial charge is 0.398 e. The molecule has 8 heteroatoms. The van der Waals surface area contributed by atoms with Crippen LogP contribution in [0.2, 0.25) is 5.02 Å². The minimum absolute atomic E-state index is 0.110. The third-order valence-electron chi connectivity index (χ3n) is 3.96. The van der Waals surface area contributed by atoms with Gasteiger partial charge in [0.2, 0.25) is 0 Å². The molecule has 3 N–H and O–H groups in total. The number of nitro benzene ring substituents is 1. The van der Waals surface area contributed by atoms with Gasteiger partial charge in [0.1, 0.15) is 11.6 Å². The first kappa shape index (κ1) is 19.1. The molecule has 0 amide bonds. The van der Waals surface area contributed by atoms with Crippen LogP contribution in [0, 0.1) is 28.7 Å². The minimum atomic E-state index is -1.23. The van der Waals surface area contributed by atoms with E-state index >= 15 is 0 Å². The number of halogens is 3. The van der Waals surface area contributed by atoms with Crippen molar-refractivity contribution in [2.75, 3.05) is 5.73 Å². The average Bonchev–Trinajstić information content (AvgIpc) is 2.51. The Labute approximate surface area is 148 Å². The molecule has 1 atom stereocenters. The number of benzene rings is 2. The summed E-state index contributed by atoms with van der Waals surface area (Å²) in [4.78, 5) is 10.3. The third-order valence-corrected chi connectivity index (χ3v) is 4.29. The lowest BCUT2D eigenvalue weighted by molar-refractivity contribution is -0.385. The number of nitrogens with two attached hydrogens (primary N) is 1. The maximum atomic E-state index is 14.0. The van der Waals surface area contributed by atoms with E-state index in [1.165, 1.54) is 13.0 Å². The van der Waals surface area contributed by atoms with Gasteiger partial charge >= 0.3 is 0 Å². The van der Waals surface area contributed by atoms with E-state index in [1.807, 2.05) is 0 Å². The molecule has 134 valence electrons. The second-order valence-corrected chi connectivity index (χ2v) is 6.20. The summed E-state index contributed by atoms with van der Waals surface area (Å²) in [6.45, 7) is 1.42. The predicted octanol–water partition coefficient (Wildman–Crippen LogP) is 4.47. The Morgan fingerprint density at radius 2 is 1.96 bits per heavy atom. The number of rotatable bonds is 6. The van der Waals surface area contributed by atoms with Crippen molar-refractivity contribution in [2.45, 2.75) is 32.3 Å². The van der Waals surface area contributed by atoms with Crippen molar-refractivity contribution in [1.29, 1.82) is 0 Å². The molecule has 0 fully saturated rings. The zero-order chi connectivity index (χ0) is 18.7. The predicted molar refractivity (Wildman–Crippen MR) is 91.5 cm³/mol. The molecular formula is C17H17ClF2N2O3. The molecule has 0 aliphatic rings. The van der Waals surface area contributed by atoms with Crippen LogP contribution in [0.1, 0.15) is 35.6 Å². The number of nitrogen functional groups attached to an aromatic ring is 1. The zero-order valence-electron chi connectivity index (χ0n) is 13.4. The van der Waals surface area contributed by atoms with Gasteiger partial charge < -0.3 is 10.8 Å². The van der Waals surface area contributed by atoms with Crippen LogP contribution in [-0.4, -0.2) is 10.0 Å². The van der Waals surface area contributed by atoms with E-state index in [4.69, 9.17) is 17.3 Å². The van der Waals surface area contributed by atoms with Gasteiger partial charge in [-0.2, -0.15) is 0 Å². The fourth-order valence-electron chi connectivity index (χ4n) is 2.58. The number of aryl methyl sites for hydroxylation is 2. The number of nitro groups is 1. The zero-order valence-corrected chi connectivity index (χ0v) is 14.2. The molecule has 0 aromatic heterocycles. The minimum Gasteiger partial charge on any atom is -0.398 e. The summed E-state index contributed by atoms with van der Waals surface area (Å²) in [5, 5.41) is 21.2. The maximum Gasteiger partial charge on any atom is 0.272 e. The molecule has 2 rings (SSSR count). The van der Waals surface area contributed by atoms with Gasteiger partial charge in [-0.1, -0.05) is 11.6 Å². The maximum absolute atomic E-state index is 14.0. The average molecular weight is 371 g/mol. The summed E-state index contributed by atoms with van der Waals surface area (Å²) >= 11 is 5.72. The van der Waals surface area contributed by atoms with Crippen LogP contribution in [0.5, 0.6) is 0 Å². The Morgan fingerprint density at radius 1 is 1.28 bits per heavy atom. The number of hydrogen-bond donors (Lipinski definition) is 2. The van der Waals surface area contributed by atoms with E-state index in [-0.39, 0.29) is 40.4 Å². The first-order valence-electron chi connectivity index (χ1n) is 7.56. The molecule has 0 aliphatic heterocycles. The molecule has 0 saturated heterocycles. The highest BCUT2D eigenvalue weighted by molar-refractivity contribution is 6.33. The van der Waals surface area contributed by atoms with Crippen LogP contribution in [0.15, 0.2) is 24.3 Å². The SMILES string of the molecule is Cc1cc(F)c(C(O)CCCc2cc(N)c(Cl)cc2F)cc1[N+](=O)[O-]. The normalized spacial score (nSPS) is 12.2. The van der Waals surface area contributed by atoms with Gasteiger partial charge in [-0.25, -0.2) is 8.78 Å². The molecule has 0 spiro atoms. The summed E-state index contributed by atoms with van der Waals surface area (Å²) in [7, 11) is 0. The van der Waals surface area contributed by atoms with Crippen LogP contribution in [-0.2, 0) is 6.42 Å². The van der Waals surface area contributed by atoms with Gasteiger partial charge in [-0.3, -0.25) is 10.1 Å². The molecule has 2 aromatic rings. The molecular weight excluding hydrogens is 354 g/mol. The van der Waals surface area contributed by atoms with Crippen LogP contribution in [0.25, 0.3) is 0 Å². The summed E-state index contributed by atoms with van der Waals surface area (Å²) in [5.41, 5.74) is 5.99. The van der Waals surface area contributed by atoms with Crippen LogP contribution in [0.3, 0.4) is 0 Å².